The van der Waals surface area contributed by atoms with Crippen molar-refractivity contribution in [3.63, 3.8) is 0 Å². The van der Waals surface area contributed by atoms with Crippen LogP contribution in [0.25, 0.3) is 11.3 Å². The Kier molecular flexibility index (Phi) is 7.60. The van der Waals surface area contributed by atoms with Gasteiger partial charge in [0.1, 0.15) is 5.75 Å². The van der Waals surface area contributed by atoms with E-state index < -0.39 is 0 Å². The summed E-state index contributed by atoms with van der Waals surface area (Å²) in [5.41, 5.74) is 2.33. The molecule has 1 amide bonds. The van der Waals surface area contributed by atoms with Crippen molar-refractivity contribution in [3.05, 3.63) is 70.3 Å². The number of ether oxygens (including phenoxy) is 1. The molecule has 32 heavy (non-hydrogen) atoms. The average molecular weight is 498 g/mol. The fraction of sp³-hybridized carbons (Fsp3) is 0.360. The lowest BCUT2D eigenvalue weighted by molar-refractivity contribution is 0.0915. The van der Waals surface area contributed by atoms with E-state index in [1.165, 1.54) is 24.8 Å². The summed E-state index contributed by atoms with van der Waals surface area (Å²) in [6.07, 6.45) is 3.62. The van der Waals surface area contributed by atoms with E-state index in [1.807, 2.05) is 43.3 Å². The molecule has 0 spiro atoms. The molecule has 6 nitrogen and oxygen atoms in total. The number of likely N-dealkylation sites (tertiary alicyclic amines) is 1. The Morgan fingerprint density at radius 1 is 1.12 bits per heavy atom. The summed E-state index contributed by atoms with van der Waals surface area (Å²) in [7, 11) is 0. The van der Waals surface area contributed by atoms with E-state index in [0.29, 0.717) is 18.9 Å². The van der Waals surface area contributed by atoms with Crippen molar-refractivity contribution in [2.45, 2.75) is 32.2 Å². The zero-order valence-corrected chi connectivity index (χ0v) is 19.8. The zero-order chi connectivity index (χ0) is 22.3. The number of benzene rings is 2. The van der Waals surface area contributed by atoms with Gasteiger partial charge in [-0.05, 0) is 62.7 Å². The number of rotatable bonds is 8. The van der Waals surface area contributed by atoms with Crippen molar-refractivity contribution >= 4 is 21.8 Å². The number of hydrogen-bond donors (Lipinski definition) is 1. The Hall–Kier alpha value is -2.64. The number of carbonyl (C=O) groups is 1. The van der Waals surface area contributed by atoms with Crippen molar-refractivity contribution < 1.29 is 14.1 Å². The molecule has 1 aliphatic heterocycles. The van der Waals surface area contributed by atoms with Crippen LogP contribution in [0.5, 0.6) is 5.75 Å². The lowest BCUT2D eigenvalue weighted by atomic mass is 10.0. The maximum atomic E-state index is 12.8. The molecular weight excluding hydrogens is 470 g/mol. The number of nitrogens with zero attached hydrogens (tertiary/aromatic N) is 2. The second-order valence-corrected chi connectivity index (χ2v) is 8.82. The number of aromatic nitrogens is 1. The number of nitrogens with one attached hydrogen (secondary N) is 1. The van der Waals surface area contributed by atoms with Gasteiger partial charge in [0.25, 0.3) is 5.91 Å². The summed E-state index contributed by atoms with van der Waals surface area (Å²) in [6.45, 7) is 5.20. The van der Waals surface area contributed by atoms with Gasteiger partial charge < -0.3 is 14.6 Å². The molecule has 2 aromatic carbocycles. The predicted molar refractivity (Wildman–Crippen MR) is 128 cm³/mol. The van der Waals surface area contributed by atoms with Gasteiger partial charge in [0.15, 0.2) is 11.5 Å². The molecule has 1 N–H and O–H groups in total. The first-order chi connectivity index (χ1) is 15.6. The second kappa shape index (κ2) is 10.8. The van der Waals surface area contributed by atoms with Gasteiger partial charge in [0.05, 0.1) is 12.6 Å². The van der Waals surface area contributed by atoms with Crippen LogP contribution in [0, 0.1) is 0 Å². The highest BCUT2D eigenvalue weighted by Gasteiger charge is 2.24. The van der Waals surface area contributed by atoms with Gasteiger partial charge in [0, 0.05) is 22.6 Å². The molecule has 0 unspecified atom stereocenters. The van der Waals surface area contributed by atoms with Crippen molar-refractivity contribution in [2.75, 3.05) is 26.2 Å². The van der Waals surface area contributed by atoms with Crippen LogP contribution in [0.4, 0.5) is 0 Å². The van der Waals surface area contributed by atoms with Gasteiger partial charge in [-0.1, -0.05) is 51.8 Å². The summed E-state index contributed by atoms with van der Waals surface area (Å²) < 4.78 is 12.0. The Balaban J connectivity index is 1.45. The highest BCUT2D eigenvalue weighted by atomic mass is 79.9. The summed E-state index contributed by atoms with van der Waals surface area (Å²) in [5.74, 6) is 1.20. The zero-order valence-electron chi connectivity index (χ0n) is 18.2. The molecule has 168 valence electrons. The molecule has 1 saturated heterocycles. The first-order valence-electron chi connectivity index (χ1n) is 11.1. The quantitative estimate of drug-likeness (QED) is 0.447. The fourth-order valence-corrected chi connectivity index (χ4v) is 4.32. The molecule has 1 aliphatic rings. The fourth-order valence-electron chi connectivity index (χ4n) is 4.05. The van der Waals surface area contributed by atoms with Gasteiger partial charge >= 0.3 is 0 Å². The molecule has 4 rings (SSSR count). The molecule has 0 radical (unpaired) electrons. The molecule has 2 heterocycles. The van der Waals surface area contributed by atoms with E-state index in [0.717, 1.165) is 28.9 Å². The van der Waals surface area contributed by atoms with Crippen LogP contribution in [0.3, 0.4) is 0 Å². The first kappa shape index (κ1) is 22.6. The Morgan fingerprint density at radius 2 is 1.84 bits per heavy atom. The van der Waals surface area contributed by atoms with Crippen LogP contribution in [-0.2, 0) is 0 Å². The smallest absolute Gasteiger partial charge is 0.273 e. The Bertz CT molecular complexity index is 1010. The predicted octanol–water partition coefficient (Wildman–Crippen LogP) is 5.46. The third-order valence-electron chi connectivity index (χ3n) is 5.73. The van der Waals surface area contributed by atoms with Crippen LogP contribution in [-0.4, -0.2) is 42.2 Å². The molecule has 0 bridgehead atoms. The molecule has 0 saturated carbocycles. The Labute approximate surface area is 197 Å². The van der Waals surface area contributed by atoms with E-state index in [1.54, 1.807) is 6.07 Å². The Morgan fingerprint density at radius 3 is 2.53 bits per heavy atom. The third-order valence-corrected chi connectivity index (χ3v) is 6.26. The van der Waals surface area contributed by atoms with Gasteiger partial charge in [0.2, 0.25) is 0 Å². The lowest BCUT2D eigenvalue weighted by Gasteiger charge is -2.35. The lowest BCUT2D eigenvalue weighted by Crippen LogP contribution is -2.40. The first-order valence-corrected chi connectivity index (χ1v) is 11.9. The molecule has 0 aliphatic carbocycles. The van der Waals surface area contributed by atoms with Crippen LogP contribution in [0.15, 0.2) is 63.6 Å². The van der Waals surface area contributed by atoms with Gasteiger partial charge in [-0.25, -0.2) is 0 Å². The molecule has 1 fully saturated rings. The topological polar surface area (TPSA) is 67.6 Å². The van der Waals surface area contributed by atoms with Gasteiger partial charge in [-0.2, -0.15) is 0 Å². The number of carbonyl (C=O) groups excluding carboxylic acids is 1. The number of halogens is 1. The molecule has 3 aromatic rings. The van der Waals surface area contributed by atoms with E-state index in [9.17, 15) is 4.79 Å². The minimum absolute atomic E-state index is 0.104. The number of hydrogen-bond acceptors (Lipinski definition) is 5. The third kappa shape index (κ3) is 5.58. The highest BCUT2D eigenvalue weighted by Crippen LogP contribution is 2.26. The highest BCUT2D eigenvalue weighted by molar-refractivity contribution is 9.10. The largest absolute Gasteiger partial charge is 0.494 e. The van der Waals surface area contributed by atoms with Crippen LogP contribution < -0.4 is 10.1 Å². The van der Waals surface area contributed by atoms with Gasteiger partial charge in [-0.3, -0.25) is 9.69 Å². The second-order valence-electron chi connectivity index (χ2n) is 7.91. The minimum atomic E-state index is -0.231. The SMILES string of the molecule is CCOc1ccc([C@H](CNC(=O)c2cc(-c3ccc(Br)cc3)on2)N2CCCCC2)cc1. The van der Waals surface area contributed by atoms with Gasteiger partial charge in [-0.15, -0.1) is 0 Å². The number of amides is 1. The van der Waals surface area contributed by atoms with Crippen molar-refractivity contribution in [3.8, 4) is 17.1 Å². The maximum Gasteiger partial charge on any atom is 0.273 e. The van der Waals surface area contributed by atoms with E-state index in [-0.39, 0.29) is 17.6 Å². The summed E-state index contributed by atoms with van der Waals surface area (Å²) in [4.78, 5) is 15.3. The molecular formula is C25H28BrN3O3. The van der Waals surface area contributed by atoms with E-state index in [4.69, 9.17) is 9.26 Å². The standard InChI is InChI=1S/C25H28BrN3O3/c1-2-31-21-12-8-18(9-13-21)23(29-14-4-3-5-15-29)17-27-25(30)22-16-24(32-28-22)19-6-10-20(26)11-7-19/h6-13,16,23H,2-5,14-15,17H2,1H3,(H,27,30)/t23-/m0/s1. The molecule has 1 atom stereocenters. The minimum Gasteiger partial charge on any atom is -0.494 e. The monoisotopic (exact) mass is 497 g/mol. The van der Waals surface area contributed by atoms with Crippen LogP contribution in [0.2, 0.25) is 0 Å². The summed E-state index contributed by atoms with van der Waals surface area (Å²) >= 11 is 3.42. The normalized spacial score (nSPS) is 15.3. The summed E-state index contributed by atoms with van der Waals surface area (Å²) in [5, 5.41) is 7.05. The van der Waals surface area contributed by atoms with Crippen molar-refractivity contribution in [1.29, 1.82) is 0 Å². The molecule has 1 aromatic heterocycles. The van der Waals surface area contributed by atoms with Crippen molar-refractivity contribution in [1.82, 2.24) is 15.4 Å². The summed E-state index contributed by atoms with van der Waals surface area (Å²) in [6, 6.07) is 17.7. The van der Waals surface area contributed by atoms with E-state index in [2.05, 4.69) is 43.4 Å². The van der Waals surface area contributed by atoms with Crippen LogP contribution >= 0.6 is 15.9 Å². The average Bonchev–Trinajstić information content (AvgIpc) is 3.32. The van der Waals surface area contributed by atoms with Crippen molar-refractivity contribution in [2.24, 2.45) is 0 Å². The number of piperidine rings is 1. The molecule has 7 heteroatoms. The maximum absolute atomic E-state index is 12.8. The van der Waals surface area contributed by atoms with E-state index >= 15 is 0 Å². The van der Waals surface area contributed by atoms with Crippen LogP contribution in [0.1, 0.15) is 48.3 Å².